The van der Waals surface area contributed by atoms with Gasteiger partial charge in [-0.15, -0.1) is 0 Å². The van der Waals surface area contributed by atoms with Gasteiger partial charge in [-0.1, -0.05) is 11.6 Å². The normalized spacial score (nSPS) is 15.6. The molecule has 1 fully saturated rings. The molecule has 1 saturated heterocycles. The molecule has 0 aliphatic carbocycles. The fourth-order valence-corrected chi connectivity index (χ4v) is 2.36. The summed E-state index contributed by atoms with van der Waals surface area (Å²) < 4.78 is 6.08. The Morgan fingerprint density at radius 3 is 2.89 bits per heavy atom. The lowest BCUT2D eigenvalue weighted by atomic mass is 10.1. The Morgan fingerprint density at radius 1 is 1.50 bits per heavy atom. The van der Waals surface area contributed by atoms with Gasteiger partial charge >= 0.3 is 0 Å². The lowest BCUT2D eigenvalue weighted by Gasteiger charge is -2.26. The summed E-state index contributed by atoms with van der Waals surface area (Å²) in [5.74, 6) is 0.313. The third kappa shape index (κ3) is 2.89. The lowest BCUT2D eigenvalue weighted by molar-refractivity contribution is -0.144. The first-order chi connectivity index (χ1) is 8.63. The van der Waals surface area contributed by atoms with E-state index in [1.165, 1.54) is 12.2 Å². The van der Waals surface area contributed by atoms with Crippen molar-refractivity contribution in [1.82, 2.24) is 5.06 Å². The Morgan fingerprint density at radius 2 is 2.28 bits per heavy atom. The van der Waals surface area contributed by atoms with Crippen molar-refractivity contribution in [3.63, 3.8) is 0 Å². The summed E-state index contributed by atoms with van der Waals surface area (Å²) in [7, 11) is 1.53. The quantitative estimate of drug-likeness (QED) is 0.739. The molecule has 1 aliphatic rings. The molecular formula is C12H13ClINO3. The molecule has 1 aromatic rings. The van der Waals surface area contributed by atoms with E-state index in [0.717, 1.165) is 16.4 Å². The third-order valence-corrected chi connectivity index (χ3v) is 4.23. The number of hydrogen-bond acceptors (Lipinski definition) is 3. The van der Waals surface area contributed by atoms with Crippen molar-refractivity contribution in [3.05, 3.63) is 26.3 Å². The maximum absolute atomic E-state index is 12.3. The van der Waals surface area contributed by atoms with E-state index in [2.05, 4.69) is 22.6 Å². The summed E-state index contributed by atoms with van der Waals surface area (Å²) in [6, 6.07) is 3.38. The van der Waals surface area contributed by atoms with E-state index < -0.39 is 0 Å². The van der Waals surface area contributed by atoms with Crippen molar-refractivity contribution in [3.8, 4) is 5.75 Å². The van der Waals surface area contributed by atoms with Crippen molar-refractivity contribution in [2.45, 2.75) is 12.8 Å². The number of carbonyl (C=O) groups excluding carboxylic acids is 1. The van der Waals surface area contributed by atoms with Crippen LogP contribution in [-0.4, -0.2) is 31.2 Å². The van der Waals surface area contributed by atoms with Crippen LogP contribution in [0.3, 0.4) is 0 Å². The van der Waals surface area contributed by atoms with Gasteiger partial charge in [0.15, 0.2) is 0 Å². The molecule has 0 spiro atoms. The zero-order valence-corrected chi connectivity index (χ0v) is 12.8. The molecule has 0 radical (unpaired) electrons. The molecule has 98 valence electrons. The van der Waals surface area contributed by atoms with Gasteiger partial charge in [0.1, 0.15) is 5.75 Å². The topological polar surface area (TPSA) is 38.8 Å². The fourth-order valence-electron chi connectivity index (χ4n) is 1.76. The van der Waals surface area contributed by atoms with Crippen LogP contribution in [0.1, 0.15) is 23.2 Å². The van der Waals surface area contributed by atoms with E-state index >= 15 is 0 Å². The molecule has 6 heteroatoms. The highest BCUT2D eigenvalue weighted by molar-refractivity contribution is 14.1. The summed E-state index contributed by atoms with van der Waals surface area (Å²) in [4.78, 5) is 17.6. The fraction of sp³-hybridized carbons (Fsp3) is 0.417. The van der Waals surface area contributed by atoms with Crippen LogP contribution >= 0.6 is 34.2 Å². The van der Waals surface area contributed by atoms with Gasteiger partial charge < -0.3 is 4.74 Å². The van der Waals surface area contributed by atoms with Crippen LogP contribution in [0.4, 0.5) is 0 Å². The molecule has 1 aliphatic heterocycles. The standard InChI is InChI=1S/C12H13ClINO3/c1-17-11-7-10(14)9(13)6-8(11)12(16)15-4-2-3-5-18-15/h6-7H,2-5H2,1H3. The Balaban J connectivity index is 2.31. The molecule has 0 bridgehead atoms. The molecule has 1 amide bonds. The van der Waals surface area contributed by atoms with Crippen LogP contribution in [0.2, 0.25) is 5.02 Å². The summed E-state index contributed by atoms with van der Waals surface area (Å²) in [5.41, 5.74) is 0.435. The number of amides is 1. The maximum Gasteiger partial charge on any atom is 0.281 e. The Hall–Kier alpha value is -0.530. The van der Waals surface area contributed by atoms with Crippen molar-refractivity contribution in [2.24, 2.45) is 0 Å². The van der Waals surface area contributed by atoms with Gasteiger partial charge in [-0.3, -0.25) is 9.63 Å². The summed E-state index contributed by atoms with van der Waals surface area (Å²) in [6.45, 7) is 1.18. The van der Waals surface area contributed by atoms with Gasteiger partial charge in [0.05, 0.1) is 24.3 Å². The van der Waals surface area contributed by atoms with Crippen LogP contribution in [-0.2, 0) is 4.84 Å². The van der Waals surface area contributed by atoms with Crippen LogP contribution in [0, 0.1) is 3.57 Å². The van der Waals surface area contributed by atoms with Gasteiger partial charge in [0.2, 0.25) is 0 Å². The monoisotopic (exact) mass is 381 g/mol. The number of hydroxylamine groups is 2. The molecule has 1 aromatic carbocycles. The van der Waals surface area contributed by atoms with Crippen molar-refractivity contribution < 1.29 is 14.4 Å². The van der Waals surface area contributed by atoms with Gasteiger partial charge in [-0.05, 0) is 47.6 Å². The summed E-state index contributed by atoms with van der Waals surface area (Å²) in [6.07, 6.45) is 1.93. The molecule has 1 heterocycles. The largest absolute Gasteiger partial charge is 0.496 e. The maximum atomic E-state index is 12.3. The van der Waals surface area contributed by atoms with Crippen LogP contribution in [0.5, 0.6) is 5.75 Å². The zero-order valence-electron chi connectivity index (χ0n) is 9.91. The molecule has 4 nitrogen and oxygen atoms in total. The van der Waals surface area contributed by atoms with Gasteiger partial charge in [0.25, 0.3) is 5.91 Å². The van der Waals surface area contributed by atoms with Crippen LogP contribution < -0.4 is 4.74 Å². The van der Waals surface area contributed by atoms with Gasteiger partial charge in [-0.2, -0.15) is 0 Å². The highest BCUT2D eigenvalue weighted by atomic mass is 127. The first-order valence-corrected chi connectivity index (χ1v) is 7.07. The second-order valence-electron chi connectivity index (χ2n) is 3.91. The molecule has 0 saturated carbocycles. The molecule has 2 rings (SSSR count). The Kier molecular flexibility index (Phi) is 4.69. The smallest absolute Gasteiger partial charge is 0.281 e. The predicted molar refractivity (Wildman–Crippen MR) is 76.9 cm³/mol. The van der Waals surface area contributed by atoms with E-state index in [4.69, 9.17) is 21.2 Å². The first kappa shape index (κ1) is 13.9. The SMILES string of the molecule is COc1cc(I)c(Cl)cc1C(=O)N1CCCCO1. The number of benzene rings is 1. The van der Waals surface area contributed by atoms with E-state index in [9.17, 15) is 4.79 Å². The molecule has 0 aromatic heterocycles. The Labute approximate surface area is 124 Å². The highest BCUT2D eigenvalue weighted by Gasteiger charge is 2.23. The summed E-state index contributed by atoms with van der Waals surface area (Å²) in [5, 5.41) is 1.92. The molecule has 0 unspecified atom stereocenters. The number of hydrogen-bond donors (Lipinski definition) is 0. The van der Waals surface area contributed by atoms with E-state index in [-0.39, 0.29) is 5.91 Å². The minimum atomic E-state index is -0.204. The van der Waals surface area contributed by atoms with Crippen molar-refractivity contribution in [2.75, 3.05) is 20.3 Å². The van der Waals surface area contributed by atoms with E-state index in [0.29, 0.717) is 29.5 Å². The lowest BCUT2D eigenvalue weighted by Crippen LogP contribution is -2.35. The molecule has 18 heavy (non-hydrogen) atoms. The number of halogens is 2. The average molecular weight is 382 g/mol. The Bertz CT molecular complexity index is 461. The average Bonchev–Trinajstić information content (AvgIpc) is 2.41. The number of ether oxygens (including phenoxy) is 1. The predicted octanol–water partition coefficient (Wildman–Crippen LogP) is 3.12. The number of rotatable bonds is 2. The summed E-state index contributed by atoms with van der Waals surface area (Å²) >= 11 is 8.15. The number of nitrogens with zero attached hydrogens (tertiary/aromatic N) is 1. The molecular weight excluding hydrogens is 368 g/mol. The van der Waals surface area contributed by atoms with Crippen molar-refractivity contribution >= 4 is 40.1 Å². The van der Waals surface area contributed by atoms with E-state index in [1.54, 1.807) is 12.1 Å². The molecule has 0 N–H and O–H groups in total. The van der Waals surface area contributed by atoms with Gasteiger partial charge in [-0.25, -0.2) is 5.06 Å². The highest BCUT2D eigenvalue weighted by Crippen LogP contribution is 2.29. The van der Waals surface area contributed by atoms with Gasteiger partial charge in [0, 0.05) is 10.1 Å². The minimum Gasteiger partial charge on any atom is -0.496 e. The minimum absolute atomic E-state index is 0.204. The van der Waals surface area contributed by atoms with Crippen LogP contribution in [0.15, 0.2) is 12.1 Å². The first-order valence-electron chi connectivity index (χ1n) is 5.61. The number of carbonyl (C=O) groups is 1. The van der Waals surface area contributed by atoms with E-state index in [1.807, 2.05) is 0 Å². The molecule has 0 atom stereocenters. The third-order valence-electron chi connectivity index (χ3n) is 2.70. The second-order valence-corrected chi connectivity index (χ2v) is 5.48. The second kappa shape index (κ2) is 6.08. The van der Waals surface area contributed by atoms with Crippen molar-refractivity contribution in [1.29, 1.82) is 0 Å². The zero-order chi connectivity index (χ0) is 13.1. The van der Waals surface area contributed by atoms with Crippen LogP contribution in [0.25, 0.3) is 0 Å². The number of methoxy groups -OCH3 is 1.